The Morgan fingerprint density at radius 2 is 1.27 bits per heavy atom. The molecule has 0 saturated heterocycles. The third kappa shape index (κ3) is 1.93. The standard InChI is InChI=1S/C39H25N2/c1-20-15-26-10-9-24-16-21-5-2-3-8-29(21)34-30-14-12-25-17-22-6-4-7-23-18-27-11-13-28-19-40(20)39(36(26)32(24)34)37(30)33(25)35(31(22)23)38(27)41(28)39/h2-14,34-35H,1,15-18H2/q+1. The first-order valence-corrected chi connectivity index (χ1v) is 15.1. The lowest BCUT2D eigenvalue weighted by Crippen LogP contribution is -2.70. The minimum Gasteiger partial charge on any atom is -0.230 e. The molecule has 41 heavy (non-hydrogen) atoms. The van der Waals surface area contributed by atoms with Gasteiger partial charge in [-0.25, -0.2) is 4.58 Å². The van der Waals surface area contributed by atoms with Gasteiger partial charge in [-0.15, -0.1) is 10.6 Å². The first kappa shape index (κ1) is 20.3. The first-order valence-electron chi connectivity index (χ1n) is 15.1. The number of aromatic nitrogens is 1. The summed E-state index contributed by atoms with van der Waals surface area (Å²) in [5, 5.41) is 0. The monoisotopic (exact) mass is 521 g/mol. The lowest BCUT2D eigenvalue weighted by molar-refractivity contribution is -0.886. The first-order chi connectivity index (χ1) is 20.2. The van der Waals surface area contributed by atoms with Crippen molar-refractivity contribution in [1.29, 1.82) is 0 Å². The molecule has 3 atom stereocenters. The average Bonchev–Trinajstić information content (AvgIpc) is 3.36. The number of hydrogen-bond acceptors (Lipinski definition) is 0. The molecule has 2 nitrogen and oxygen atoms in total. The summed E-state index contributed by atoms with van der Waals surface area (Å²) in [5.74, 6) is 0.539. The molecule has 12 rings (SSSR count). The van der Waals surface area contributed by atoms with E-state index in [1.54, 1.807) is 16.7 Å². The fraction of sp³-hybridized carbons (Fsp3) is 0.179. The summed E-state index contributed by atoms with van der Waals surface area (Å²) in [6.07, 6.45) is 7.84. The summed E-state index contributed by atoms with van der Waals surface area (Å²) in [5.41, 5.74) is 24.6. The van der Waals surface area contributed by atoms with Crippen LogP contribution in [0.4, 0.5) is 0 Å². The third-order valence-corrected chi connectivity index (χ3v) is 11.6. The van der Waals surface area contributed by atoms with Crippen LogP contribution in [-0.4, -0.2) is 10.8 Å². The van der Waals surface area contributed by atoms with Crippen molar-refractivity contribution in [3.05, 3.63) is 180 Å². The van der Waals surface area contributed by atoms with Crippen molar-refractivity contribution in [3.63, 3.8) is 0 Å². The van der Waals surface area contributed by atoms with Crippen LogP contribution in [-0.2, 0) is 31.3 Å². The second-order valence-corrected chi connectivity index (χ2v) is 13.2. The number of pyridine rings is 1. The Kier molecular flexibility index (Phi) is 3.07. The fourth-order valence-electron chi connectivity index (χ4n) is 10.4. The van der Waals surface area contributed by atoms with Gasteiger partial charge in [0.15, 0.2) is 11.9 Å². The zero-order chi connectivity index (χ0) is 26.4. The summed E-state index contributed by atoms with van der Waals surface area (Å²) in [6.45, 7) is 4.72. The largest absolute Gasteiger partial charge is 0.395 e. The zero-order valence-corrected chi connectivity index (χ0v) is 22.6. The molecule has 4 aliphatic carbocycles. The van der Waals surface area contributed by atoms with E-state index in [2.05, 4.69) is 94.2 Å². The van der Waals surface area contributed by atoms with E-state index in [-0.39, 0.29) is 11.8 Å². The fourth-order valence-corrected chi connectivity index (χ4v) is 10.4. The van der Waals surface area contributed by atoms with Gasteiger partial charge in [-0.1, -0.05) is 79.4 Å². The molecule has 1 aromatic heterocycles. The number of benzene rings is 4. The Bertz CT molecular complexity index is 2230. The maximum Gasteiger partial charge on any atom is 0.395 e. The molecular formula is C39H25N2+. The van der Waals surface area contributed by atoms with Crippen molar-refractivity contribution in [2.24, 2.45) is 0 Å². The SMILES string of the molecule is C=C1Cc2ccc3c4c2C25c6c(ccc7c6C6c8c(cccc8Cc8ccc([n+]2c86)[C-]=[N+]15)C7)C4c1ccccc1C3. The molecule has 0 amide bonds. The highest BCUT2D eigenvalue weighted by atomic mass is 15.4. The van der Waals surface area contributed by atoms with Crippen LogP contribution >= 0.6 is 0 Å². The average molecular weight is 522 g/mol. The maximum absolute atomic E-state index is 4.72. The highest BCUT2D eigenvalue weighted by Gasteiger charge is 2.71. The van der Waals surface area contributed by atoms with Crippen LogP contribution in [0.5, 0.6) is 0 Å². The lowest BCUT2D eigenvalue weighted by atomic mass is 9.56. The highest BCUT2D eigenvalue weighted by molar-refractivity contribution is 5.79. The second-order valence-electron chi connectivity index (χ2n) is 13.2. The molecule has 0 bridgehead atoms. The van der Waals surface area contributed by atoms with Crippen LogP contribution in [0.25, 0.3) is 0 Å². The predicted molar refractivity (Wildman–Crippen MR) is 156 cm³/mol. The zero-order valence-electron chi connectivity index (χ0n) is 22.6. The normalized spacial score (nSPS) is 24.5. The van der Waals surface area contributed by atoms with Gasteiger partial charge in [-0.2, -0.15) is 0 Å². The van der Waals surface area contributed by atoms with Gasteiger partial charge in [-0.05, 0) is 74.0 Å². The van der Waals surface area contributed by atoms with Gasteiger partial charge in [0.05, 0.1) is 11.6 Å². The van der Waals surface area contributed by atoms with Crippen molar-refractivity contribution in [3.8, 4) is 0 Å². The van der Waals surface area contributed by atoms with Crippen molar-refractivity contribution in [1.82, 2.24) is 0 Å². The molecule has 3 unspecified atom stereocenters. The van der Waals surface area contributed by atoms with Crippen LogP contribution < -0.4 is 4.57 Å². The molecule has 0 radical (unpaired) electrons. The van der Waals surface area contributed by atoms with Crippen molar-refractivity contribution >= 4 is 6.21 Å². The van der Waals surface area contributed by atoms with E-state index in [9.17, 15) is 0 Å². The minimum atomic E-state index is -0.444. The van der Waals surface area contributed by atoms with Gasteiger partial charge in [0.25, 0.3) is 0 Å². The Morgan fingerprint density at radius 3 is 2.17 bits per heavy atom. The smallest absolute Gasteiger partial charge is 0.230 e. The molecule has 1 spiro atoms. The third-order valence-electron chi connectivity index (χ3n) is 11.6. The second kappa shape index (κ2) is 6.19. The number of nitrogens with zero attached hydrogens (tertiary/aromatic N) is 2. The molecule has 4 heterocycles. The number of allylic oxidation sites excluding steroid dienone is 1. The van der Waals surface area contributed by atoms with E-state index in [4.69, 9.17) is 6.58 Å². The summed E-state index contributed by atoms with van der Waals surface area (Å²) in [7, 11) is 0. The Labute approximate surface area is 238 Å². The van der Waals surface area contributed by atoms with Gasteiger partial charge < -0.3 is 0 Å². The summed E-state index contributed by atoms with van der Waals surface area (Å²) >= 11 is 0. The van der Waals surface area contributed by atoms with Crippen LogP contribution in [0.2, 0.25) is 0 Å². The van der Waals surface area contributed by atoms with Gasteiger partial charge in [-0.3, -0.25) is 0 Å². The molecule has 4 aromatic carbocycles. The quantitative estimate of drug-likeness (QED) is 0.176. The van der Waals surface area contributed by atoms with E-state index >= 15 is 0 Å². The van der Waals surface area contributed by atoms with Crippen LogP contribution in [0.1, 0.15) is 101 Å². The molecule has 3 aliphatic heterocycles. The molecule has 190 valence electrons. The molecule has 7 aliphatic rings. The van der Waals surface area contributed by atoms with E-state index in [0.29, 0.717) is 0 Å². The van der Waals surface area contributed by atoms with E-state index in [1.165, 1.54) is 72.6 Å². The molecular weight excluding hydrogens is 496 g/mol. The van der Waals surface area contributed by atoms with E-state index in [1.807, 2.05) is 0 Å². The highest BCUT2D eigenvalue weighted by Crippen LogP contribution is 2.62. The van der Waals surface area contributed by atoms with Gasteiger partial charge >= 0.3 is 5.66 Å². The topological polar surface area (TPSA) is 6.89 Å². The Hall–Kier alpha value is -4.56. The molecule has 5 aromatic rings. The summed E-state index contributed by atoms with van der Waals surface area (Å²) in [4.78, 5) is 0. The number of hydrogen-bond donors (Lipinski definition) is 0. The van der Waals surface area contributed by atoms with Gasteiger partial charge in [0, 0.05) is 24.3 Å². The number of rotatable bonds is 0. The number of fused-ring (bicyclic) bond motifs is 3. The summed E-state index contributed by atoms with van der Waals surface area (Å²) < 4.78 is 5.22. The van der Waals surface area contributed by atoms with Crippen molar-refractivity contribution in [2.75, 3.05) is 0 Å². The molecule has 2 heteroatoms. The predicted octanol–water partition coefficient (Wildman–Crippen LogP) is 5.82. The maximum atomic E-state index is 4.72. The molecule has 0 N–H and O–H groups in total. The van der Waals surface area contributed by atoms with Crippen LogP contribution in [0, 0.1) is 0 Å². The molecule has 0 fully saturated rings. The van der Waals surface area contributed by atoms with Gasteiger partial charge in [0.2, 0.25) is 5.69 Å². The minimum absolute atomic E-state index is 0.263. The van der Waals surface area contributed by atoms with E-state index in [0.717, 1.165) is 31.4 Å². The van der Waals surface area contributed by atoms with Crippen LogP contribution in [0.3, 0.4) is 0 Å². The van der Waals surface area contributed by atoms with Gasteiger partial charge in [0.1, 0.15) is 11.1 Å². The lowest BCUT2D eigenvalue weighted by Gasteiger charge is -2.49. The van der Waals surface area contributed by atoms with E-state index < -0.39 is 5.66 Å². The Morgan fingerprint density at radius 1 is 0.585 bits per heavy atom. The van der Waals surface area contributed by atoms with Crippen molar-refractivity contribution in [2.45, 2.75) is 43.2 Å². The summed E-state index contributed by atoms with van der Waals surface area (Å²) in [6, 6.07) is 30.9. The molecule has 0 saturated carbocycles. The van der Waals surface area contributed by atoms with Crippen molar-refractivity contribution < 1.29 is 9.14 Å². The Balaban J connectivity index is 1.35. The van der Waals surface area contributed by atoms with Crippen LogP contribution in [0.15, 0.2) is 91.1 Å².